The molecule has 0 bridgehead atoms. The number of nitrogens with two attached hydrogens (primary N) is 1. The first-order valence-corrected chi connectivity index (χ1v) is 11.9. The summed E-state index contributed by atoms with van der Waals surface area (Å²) in [4.78, 5) is 43.0. The van der Waals surface area contributed by atoms with Crippen molar-refractivity contribution in [1.82, 2.24) is 28.7 Å². The third-order valence-electron chi connectivity index (χ3n) is 6.54. The fraction of sp³-hybridized carbons (Fsp3) is 0.400. The lowest BCUT2D eigenvalue weighted by molar-refractivity contribution is 0.495. The number of pyridine rings is 2. The van der Waals surface area contributed by atoms with E-state index < -0.39 is 5.69 Å². The molecule has 1 aliphatic heterocycles. The number of allylic oxidation sites excluding steroid dienone is 2. The van der Waals surface area contributed by atoms with E-state index in [0.717, 1.165) is 30.3 Å². The minimum atomic E-state index is -0.439. The molecule has 4 aromatic heterocycles. The maximum Gasteiger partial charge on any atom is 0.332 e. The van der Waals surface area contributed by atoms with Gasteiger partial charge in [0.1, 0.15) is 0 Å². The predicted molar refractivity (Wildman–Crippen MR) is 137 cm³/mol. The summed E-state index contributed by atoms with van der Waals surface area (Å²) in [7, 11) is 1.65. The largest absolute Gasteiger partial charge is 0.341 e. The van der Waals surface area contributed by atoms with E-state index in [1.807, 2.05) is 36.6 Å². The molecule has 0 aliphatic carbocycles. The molecule has 5 rings (SSSR count). The van der Waals surface area contributed by atoms with Crippen molar-refractivity contribution in [2.24, 2.45) is 12.8 Å². The second-order valence-electron chi connectivity index (χ2n) is 9.39. The number of hydrogen-bond acceptors (Lipinski definition) is 7. The molecule has 10 heteroatoms. The van der Waals surface area contributed by atoms with Gasteiger partial charge in [-0.2, -0.15) is 4.98 Å². The zero-order valence-corrected chi connectivity index (χ0v) is 20.3. The van der Waals surface area contributed by atoms with Crippen LogP contribution in [0.2, 0.25) is 0 Å². The fourth-order valence-corrected chi connectivity index (χ4v) is 4.71. The van der Waals surface area contributed by atoms with Gasteiger partial charge in [-0.3, -0.25) is 23.9 Å². The maximum atomic E-state index is 13.8. The van der Waals surface area contributed by atoms with Crippen molar-refractivity contribution in [2.45, 2.75) is 45.8 Å². The molecule has 0 spiro atoms. The van der Waals surface area contributed by atoms with E-state index in [4.69, 9.17) is 10.7 Å². The van der Waals surface area contributed by atoms with Gasteiger partial charge in [0, 0.05) is 50.5 Å². The van der Waals surface area contributed by atoms with Gasteiger partial charge in [-0.05, 0) is 38.8 Å². The molecule has 0 aromatic carbocycles. The van der Waals surface area contributed by atoms with Crippen LogP contribution in [-0.2, 0) is 20.1 Å². The molecule has 35 heavy (non-hydrogen) atoms. The van der Waals surface area contributed by atoms with Gasteiger partial charge < -0.3 is 15.2 Å². The SMILES string of the molecule is CC(C)=CCn1c(N2CCCC(N)C2)nc2c1c(=O)n(Cc1nccc3cccnc13)c(=O)n2C. The Balaban J connectivity index is 1.72. The number of aromatic nitrogens is 6. The first-order chi connectivity index (χ1) is 16.8. The highest BCUT2D eigenvalue weighted by Crippen LogP contribution is 2.23. The average molecular weight is 475 g/mol. The molecular weight excluding hydrogens is 444 g/mol. The number of hydrogen-bond donors (Lipinski definition) is 1. The van der Waals surface area contributed by atoms with E-state index in [1.54, 1.807) is 19.4 Å². The van der Waals surface area contributed by atoms with E-state index in [1.165, 1.54) is 9.13 Å². The maximum absolute atomic E-state index is 13.8. The Kier molecular flexibility index (Phi) is 5.98. The van der Waals surface area contributed by atoms with Gasteiger partial charge in [-0.1, -0.05) is 17.7 Å². The van der Waals surface area contributed by atoms with Crippen molar-refractivity contribution in [3.8, 4) is 0 Å². The number of piperidine rings is 1. The van der Waals surface area contributed by atoms with Gasteiger partial charge in [-0.25, -0.2) is 4.79 Å². The standard InChI is InChI=1S/C25H30N8O2/c1-16(2)9-13-32-21-22(29-24(32)31-12-5-7-18(26)14-31)30(3)25(35)33(23(21)34)15-19-20-17(8-11-27-19)6-4-10-28-20/h4,6,8-11,18H,5,7,12-15,26H2,1-3H3. The lowest BCUT2D eigenvalue weighted by atomic mass is 10.1. The third-order valence-corrected chi connectivity index (χ3v) is 6.54. The molecular formula is C25H30N8O2. The van der Waals surface area contributed by atoms with Gasteiger partial charge in [0.05, 0.1) is 17.8 Å². The highest BCUT2D eigenvalue weighted by Gasteiger charge is 2.26. The molecule has 10 nitrogen and oxygen atoms in total. The van der Waals surface area contributed by atoms with Crippen LogP contribution in [0.1, 0.15) is 32.4 Å². The van der Waals surface area contributed by atoms with Crippen LogP contribution in [0.15, 0.2) is 51.8 Å². The molecule has 2 N–H and O–H groups in total. The molecule has 1 fully saturated rings. The van der Waals surface area contributed by atoms with Crippen molar-refractivity contribution in [3.63, 3.8) is 0 Å². The lowest BCUT2D eigenvalue weighted by Gasteiger charge is -2.31. The Bertz CT molecular complexity index is 1550. The number of aryl methyl sites for hydroxylation is 1. The van der Waals surface area contributed by atoms with E-state index in [2.05, 4.69) is 20.9 Å². The van der Waals surface area contributed by atoms with Crippen molar-refractivity contribution >= 4 is 28.0 Å². The minimum absolute atomic E-state index is 0.0214. The summed E-state index contributed by atoms with van der Waals surface area (Å²) in [5.74, 6) is 0.669. The number of nitrogens with zero attached hydrogens (tertiary/aromatic N) is 7. The molecule has 182 valence electrons. The Labute approximate surface area is 202 Å². The van der Waals surface area contributed by atoms with Gasteiger partial charge in [0.15, 0.2) is 11.2 Å². The second kappa shape index (κ2) is 9.10. The van der Waals surface area contributed by atoms with Crippen LogP contribution in [0.3, 0.4) is 0 Å². The van der Waals surface area contributed by atoms with Crippen LogP contribution >= 0.6 is 0 Å². The van der Waals surface area contributed by atoms with Crippen LogP contribution in [0, 0.1) is 0 Å². The van der Waals surface area contributed by atoms with Gasteiger partial charge >= 0.3 is 5.69 Å². The summed E-state index contributed by atoms with van der Waals surface area (Å²) >= 11 is 0. The van der Waals surface area contributed by atoms with E-state index in [9.17, 15) is 9.59 Å². The number of imidazole rings is 1. The third kappa shape index (κ3) is 4.14. The first-order valence-electron chi connectivity index (χ1n) is 11.9. The Morgan fingerprint density at radius 1 is 1.17 bits per heavy atom. The Hall–Kier alpha value is -3.79. The molecule has 1 aliphatic rings. The molecule has 5 heterocycles. The van der Waals surface area contributed by atoms with Gasteiger partial charge in [0.2, 0.25) is 5.95 Å². The second-order valence-corrected chi connectivity index (χ2v) is 9.39. The molecule has 1 unspecified atom stereocenters. The van der Waals surface area contributed by atoms with Crippen LogP contribution in [0.25, 0.3) is 22.1 Å². The quantitative estimate of drug-likeness (QED) is 0.438. The topological polar surface area (TPSA) is 117 Å². The Morgan fingerprint density at radius 3 is 2.77 bits per heavy atom. The summed E-state index contributed by atoms with van der Waals surface area (Å²) in [5.41, 5.74) is 8.55. The van der Waals surface area contributed by atoms with Crippen molar-refractivity contribution in [3.05, 3.63) is 68.8 Å². The number of anilines is 1. The van der Waals surface area contributed by atoms with E-state index in [-0.39, 0.29) is 18.1 Å². The predicted octanol–water partition coefficient (Wildman–Crippen LogP) is 1.78. The molecule has 0 radical (unpaired) electrons. The minimum Gasteiger partial charge on any atom is -0.341 e. The monoisotopic (exact) mass is 474 g/mol. The smallest absolute Gasteiger partial charge is 0.332 e. The molecule has 1 saturated heterocycles. The number of rotatable bonds is 5. The highest BCUT2D eigenvalue weighted by molar-refractivity contribution is 5.80. The van der Waals surface area contributed by atoms with Crippen LogP contribution in [0.5, 0.6) is 0 Å². The van der Waals surface area contributed by atoms with Gasteiger partial charge in [0.25, 0.3) is 5.56 Å². The molecule has 0 amide bonds. The van der Waals surface area contributed by atoms with Crippen molar-refractivity contribution in [2.75, 3.05) is 18.0 Å². The summed E-state index contributed by atoms with van der Waals surface area (Å²) in [6, 6.07) is 5.69. The zero-order chi connectivity index (χ0) is 24.7. The van der Waals surface area contributed by atoms with Crippen LogP contribution in [0.4, 0.5) is 5.95 Å². The fourth-order valence-electron chi connectivity index (χ4n) is 4.71. The average Bonchev–Trinajstić information content (AvgIpc) is 3.24. The molecule has 1 atom stereocenters. The Morgan fingerprint density at radius 2 is 2.00 bits per heavy atom. The van der Waals surface area contributed by atoms with Crippen LogP contribution < -0.4 is 21.9 Å². The van der Waals surface area contributed by atoms with E-state index >= 15 is 0 Å². The highest BCUT2D eigenvalue weighted by atomic mass is 16.2. The van der Waals surface area contributed by atoms with E-state index in [0.29, 0.717) is 41.4 Å². The summed E-state index contributed by atoms with van der Waals surface area (Å²) in [6.45, 7) is 5.99. The first kappa shape index (κ1) is 23.0. The zero-order valence-electron chi connectivity index (χ0n) is 20.3. The number of fused-ring (bicyclic) bond motifs is 2. The molecule has 4 aromatic rings. The molecule has 0 saturated carbocycles. The van der Waals surface area contributed by atoms with Gasteiger partial charge in [-0.15, -0.1) is 0 Å². The summed E-state index contributed by atoms with van der Waals surface area (Å²) in [6.07, 6.45) is 7.32. The summed E-state index contributed by atoms with van der Waals surface area (Å²) < 4.78 is 4.58. The van der Waals surface area contributed by atoms with Crippen LogP contribution in [-0.4, -0.2) is 47.8 Å². The van der Waals surface area contributed by atoms with Crippen molar-refractivity contribution in [1.29, 1.82) is 0 Å². The lowest BCUT2D eigenvalue weighted by Crippen LogP contribution is -2.44. The summed E-state index contributed by atoms with van der Waals surface area (Å²) in [5, 5.41) is 0.903. The van der Waals surface area contributed by atoms with Crippen molar-refractivity contribution < 1.29 is 0 Å². The normalized spacial score (nSPS) is 16.2.